The number of rotatable bonds is 5. The van der Waals surface area contributed by atoms with Gasteiger partial charge in [-0.3, -0.25) is 9.69 Å². The van der Waals surface area contributed by atoms with Gasteiger partial charge in [-0.05, 0) is 31.4 Å². The van der Waals surface area contributed by atoms with Crippen LogP contribution in [0.15, 0.2) is 30.3 Å². The van der Waals surface area contributed by atoms with Crippen molar-refractivity contribution in [3.8, 4) is 0 Å². The van der Waals surface area contributed by atoms with Gasteiger partial charge in [-0.25, -0.2) is 0 Å². The molecule has 0 aliphatic carbocycles. The van der Waals surface area contributed by atoms with E-state index < -0.39 is 0 Å². The molecule has 5 heteroatoms. The number of amides is 1. The number of nitrogens with one attached hydrogen (secondary N) is 1. The van der Waals surface area contributed by atoms with Crippen LogP contribution in [-0.2, 0) is 11.3 Å². The van der Waals surface area contributed by atoms with E-state index in [-0.39, 0.29) is 30.9 Å². The van der Waals surface area contributed by atoms with Gasteiger partial charge in [-0.1, -0.05) is 30.3 Å². The highest BCUT2D eigenvalue weighted by Crippen LogP contribution is 2.21. The van der Waals surface area contributed by atoms with E-state index in [0.717, 1.165) is 26.1 Å². The molecule has 1 aromatic carbocycles. The van der Waals surface area contributed by atoms with Crippen LogP contribution in [0.1, 0.15) is 18.9 Å². The predicted octanol–water partition coefficient (Wildman–Crippen LogP) is 1.39. The lowest BCUT2D eigenvalue weighted by molar-refractivity contribution is -0.120. The molecule has 112 valence electrons. The molecule has 2 unspecified atom stereocenters. The molecule has 0 aromatic heterocycles. The maximum Gasteiger partial charge on any atom is 0.233 e. The van der Waals surface area contributed by atoms with Crippen LogP contribution in [-0.4, -0.2) is 36.5 Å². The molecule has 1 aliphatic rings. The van der Waals surface area contributed by atoms with Crippen LogP contribution >= 0.6 is 12.4 Å². The number of nitrogens with zero attached hydrogens (tertiary/aromatic N) is 1. The van der Waals surface area contributed by atoms with Crippen molar-refractivity contribution in [1.29, 1.82) is 0 Å². The van der Waals surface area contributed by atoms with E-state index in [4.69, 9.17) is 5.73 Å². The van der Waals surface area contributed by atoms with Crippen molar-refractivity contribution in [3.63, 3.8) is 0 Å². The third-order valence-corrected chi connectivity index (χ3v) is 3.84. The van der Waals surface area contributed by atoms with E-state index in [1.54, 1.807) is 0 Å². The van der Waals surface area contributed by atoms with Gasteiger partial charge in [0.15, 0.2) is 0 Å². The maximum atomic E-state index is 11.3. The monoisotopic (exact) mass is 297 g/mol. The SMILES string of the molecule is CC(NC(=O)CN)C1CCN(Cc2ccccc2)C1.Cl. The van der Waals surface area contributed by atoms with Crippen molar-refractivity contribution in [2.24, 2.45) is 11.7 Å². The third kappa shape index (κ3) is 4.78. The number of nitrogens with two attached hydrogens (primary N) is 1. The molecular weight excluding hydrogens is 274 g/mol. The highest BCUT2D eigenvalue weighted by atomic mass is 35.5. The van der Waals surface area contributed by atoms with Gasteiger partial charge in [0.25, 0.3) is 0 Å². The number of hydrogen-bond acceptors (Lipinski definition) is 3. The van der Waals surface area contributed by atoms with Gasteiger partial charge in [0.1, 0.15) is 0 Å². The Morgan fingerprint density at radius 1 is 1.45 bits per heavy atom. The summed E-state index contributed by atoms with van der Waals surface area (Å²) in [6.07, 6.45) is 1.14. The zero-order valence-electron chi connectivity index (χ0n) is 11.9. The largest absolute Gasteiger partial charge is 0.352 e. The second kappa shape index (κ2) is 8.25. The Kier molecular flexibility index (Phi) is 6.99. The highest BCUT2D eigenvalue weighted by molar-refractivity contribution is 5.85. The van der Waals surface area contributed by atoms with E-state index in [1.165, 1.54) is 5.56 Å². The first-order chi connectivity index (χ1) is 9.19. The lowest BCUT2D eigenvalue weighted by atomic mass is 10.0. The molecule has 0 radical (unpaired) electrons. The first-order valence-electron chi connectivity index (χ1n) is 6.94. The number of benzene rings is 1. The summed E-state index contributed by atoms with van der Waals surface area (Å²) in [5.74, 6) is 0.466. The summed E-state index contributed by atoms with van der Waals surface area (Å²) in [5.41, 5.74) is 6.67. The average Bonchev–Trinajstić information content (AvgIpc) is 2.88. The molecule has 1 heterocycles. The normalized spacial score (nSPS) is 20.2. The van der Waals surface area contributed by atoms with E-state index in [9.17, 15) is 4.79 Å². The van der Waals surface area contributed by atoms with Crippen LogP contribution in [0.4, 0.5) is 0 Å². The van der Waals surface area contributed by atoms with Gasteiger partial charge >= 0.3 is 0 Å². The van der Waals surface area contributed by atoms with Crippen molar-refractivity contribution in [1.82, 2.24) is 10.2 Å². The smallest absolute Gasteiger partial charge is 0.233 e. The summed E-state index contributed by atoms with van der Waals surface area (Å²) in [4.78, 5) is 13.8. The molecular formula is C15H24ClN3O. The number of hydrogen-bond donors (Lipinski definition) is 2. The zero-order valence-corrected chi connectivity index (χ0v) is 12.7. The Bertz CT molecular complexity index is 413. The van der Waals surface area contributed by atoms with Crippen LogP contribution in [0, 0.1) is 5.92 Å². The summed E-state index contributed by atoms with van der Waals surface area (Å²) in [6.45, 7) is 5.28. The van der Waals surface area contributed by atoms with E-state index in [0.29, 0.717) is 5.92 Å². The summed E-state index contributed by atoms with van der Waals surface area (Å²) in [5, 5.41) is 2.97. The van der Waals surface area contributed by atoms with E-state index in [2.05, 4.69) is 41.4 Å². The molecule has 2 rings (SSSR count). The summed E-state index contributed by atoms with van der Waals surface area (Å²) in [7, 11) is 0. The fourth-order valence-electron chi connectivity index (χ4n) is 2.69. The zero-order chi connectivity index (χ0) is 13.7. The Labute approximate surface area is 127 Å². The van der Waals surface area contributed by atoms with Crippen molar-refractivity contribution < 1.29 is 4.79 Å². The molecule has 4 nitrogen and oxygen atoms in total. The number of likely N-dealkylation sites (tertiary alicyclic amines) is 1. The first kappa shape index (κ1) is 17.0. The molecule has 1 aliphatic heterocycles. The van der Waals surface area contributed by atoms with Crippen molar-refractivity contribution in [2.45, 2.75) is 25.9 Å². The molecule has 1 aromatic rings. The van der Waals surface area contributed by atoms with Crippen molar-refractivity contribution in [3.05, 3.63) is 35.9 Å². The fourth-order valence-corrected chi connectivity index (χ4v) is 2.69. The van der Waals surface area contributed by atoms with Gasteiger partial charge in [-0.15, -0.1) is 12.4 Å². The topological polar surface area (TPSA) is 58.4 Å². The Hall–Kier alpha value is -1.10. The highest BCUT2D eigenvalue weighted by Gasteiger charge is 2.27. The summed E-state index contributed by atoms with van der Waals surface area (Å²) >= 11 is 0. The average molecular weight is 298 g/mol. The number of carbonyl (C=O) groups is 1. The second-order valence-electron chi connectivity index (χ2n) is 5.33. The Balaban J connectivity index is 0.00000200. The molecule has 0 saturated carbocycles. The first-order valence-corrected chi connectivity index (χ1v) is 6.94. The van der Waals surface area contributed by atoms with Crippen LogP contribution in [0.3, 0.4) is 0 Å². The standard InChI is InChI=1S/C15H23N3O.ClH/c1-12(17-15(19)9-16)14-7-8-18(11-14)10-13-5-3-2-4-6-13;/h2-6,12,14H,7-11,16H2,1H3,(H,17,19);1H. The molecule has 3 N–H and O–H groups in total. The minimum atomic E-state index is -0.0611. The van der Waals surface area contributed by atoms with Crippen molar-refractivity contribution in [2.75, 3.05) is 19.6 Å². The third-order valence-electron chi connectivity index (χ3n) is 3.84. The predicted molar refractivity (Wildman–Crippen MR) is 83.7 cm³/mol. The van der Waals surface area contributed by atoms with Crippen LogP contribution < -0.4 is 11.1 Å². The van der Waals surface area contributed by atoms with Gasteiger partial charge in [0.05, 0.1) is 6.54 Å². The molecule has 0 bridgehead atoms. The van der Waals surface area contributed by atoms with Crippen LogP contribution in [0.25, 0.3) is 0 Å². The minimum Gasteiger partial charge on any atom is -0.352 e. The van der Waals surface area contributed by atoms with Gasteiger partial charge in [0, 0.05) is 19.1 Å². The molecule has 1 amide bonds. The summed E-state index contributed by atoms with van der Waals surface area (Å²) < 4.78 is 0. The Morgan fingerprint density at radius 3 is 2.80 bits per heavy atom. The Morgan fingerprint density at radius 2 is 2.15 bits per heavy atom. The van der Waals surface area contributed by atoms with E-state index in [1.807, 2.05) is 6.07 Å². The van der Waals surface area contributed by atoms with Crippen molar-refractivity contribution >= 4 is 18.3 Å². The second-order valence-corrected chi connectivity index (χ2v) is 5.33. The van der Waals surface area contributed by atoms with Crippen LogP contribution in [0.5, 0.6) is 0 Å². The number of carbonyl (C=O) groups excluding carboxylic acids is 1. The van der Waals surface area contributed by atoms with Gasteiger partial charge < -0.3 is 11.1 Å². The van der Waals surface area contributed by atoms with Gasteiger partial charge in [-0.2, -0.15) is 0 Å². The van der Waals surface area contributed by atoms with E-state index >= 15 is 0 Å². The van der Waals surface area contributed by atoms with Gasteiger partial charge in [0.2, 0.25) is 5.91 Å². The molecule has 1 saturated heterocycles. The molecule has 1 fully saturated rings. The molecule has 20 heavy (non-hydrogen) atoms. The lowest BCUT2D eigenvalue weighted by Crippen LogP contribution is -2.42. The fraction of sp³-hybridized carbons (Fsp3) is 0.533. The summed E-state index contributed by atoms with van der Waals surface area (Å²) in [6, 6.07) is 10.7. The number of halogens is 1. The minimum absolute atomic E-state index is 0. The quantitative estimate of drug-likeness (QED) is 0.863. The molecule has 2 atom stereocenters. The lowest BCUT2D eigenvalue weighted by Gasteiger charge is -2.21. The molecule has 0 spiro atoms. The van der Waals surface area contributed by atoms with Crippen LogP contribution in [0.2, 0.25) is 0 Å². The maximum absolute atomic E-state index is 11.3.